The van der Waals surface area contributed by atoms with Crippen LogP contribution in [0.1, 0.15) is 20.3 Å². The van der Waals surface area contributed by atoms with Gasteiger partial charge in [0.2, 0.25) is 5.91 Å². The van der Waals surface area contributed by atoms with Crippen LogP contribution in [0.4, 0.5) is 5.69 Å². The molecule has 0 heterocycles. The Bertz CT molecular complexity index is 390. The van der Waals surface area contributed by atoms with E-state index in [-0.39, 0.29) is 11.8 Å². The molecule has 1 aromatic rings. The Morgan fingerprint density at radius 3 is 2.59 bits per heavy atom. The number of nitrogens with one attached hydrogen (secondary N) is 1. The van der Waals surface area contributed by atoms with Crippen LogP contribution in [0.3, 0.4) is 0 Å². The summed E-state index contributed by atoms with van der Waals surface area (Å²) in [6, 6.07) is 5.31. The van der Waals surface area contributed by atoms with Crippen LogP contribution in [0.5, 0.6) is 11.5 Å². The summed E-state index contributed by atoms with van der Waals surface area (Å²) >= 11 is 0. The first-order chi connectivity index (χ1) is 8.12. The molecule has 1 atom stereocenters. The minimum Gasteiger partial charge on any atom is -0.497 e. The van der Waals surface area contributed by atoms with Crippen LogP contribution in [0.15, 0.2) is 18.2 Å². The van der Waals surface area contributed by atoms with Gasteiger partial charge in [-0.15, -0.1) is 0 Å². The molecule has 0 aromatic heterocycles. The molecule has 1 rings (SSSR count). The van der Waals surface area contributed by atoms with E-state index in [2.05, 4.69) is 5.32 Å². The number of carbonyl (C=O) groups is 1. The summed E-state index contributed by atoms with van der Waals surface area (Å²) in [6.45, 7) is 3.87. The average Bonchev–Trinajstić information content (AvgIpc) is 2.37. The second-order valence-corrected chi connectivity index (χ2v) is 3.86. The topological polar surface area (TPSA) is 47.6 Å². The van der Waals surface area contributed by atoms with Gasteiger partial charge in [0.05, 0.1) is 19.9 Å². The molecule has 1 N–H and O–H groups in total. The average molecular weight is 237 g/mol. The highest BCUT2D eigenvalue weighted by molar-refractivity contribution is 5.93. The first-order valence-electron chi connectivity index (χ1n) is 5.65. The standard InChI is InChI=1S/C13H19NO3/c1-5-9(2)13(15)14-11-8-10(16-3)6-7-12(11)17-4/h6-9H,5H2,1-4H3,(H,14,15)/t9-/m0/s1. The highest BCUT2D eigenvalue weighted by Crippen LogP contribution is 2.29. The Kier molecular flexibility index (Phi) is 4.82. The molecule has 0 saturated carbocycles. The quantitative estimate of drug-likeness (QED) is 0.856. The lowest BCUT2D eigenvalue weighted by atomic mass is 10.1. The number of ether oxygens (including phenoxy) is 2. The van der Waals surface area contributed by atoms with Crippen LogP contribution in [0.2, 0.25) is 0 Å². The molecule has 0 unspecified atom stereocenters. The van der Waals surface area contributed by atoms with Gasteiger partial charge in [-0.3, -0.25) is 4.79 Å². The van der Waals surface area contributed by atoms with Gasteiger partial charge in [-0.1, -0.05) is 13.8 Å². The van der Waals surface area contributed by atoms with Crippen molar-refractivity contribution in [1.29, 1.82) is 0 Å². The van der Waals surface area contributed by atoms with E-state index in [1.165, 1.54) is 0 Å². The highest BCUT2D eigenvalue weighted by Gasteiger charge is 2.13. The van der Waals surface area contributed by atoms with Gasteiger partial charge in [0.25, 0.3) is 0 Å². The van der Waals surface area contributed by atoms with Crippen molar-refractivity contribution in [2.75, 3.05) is 19.5 Å². The van der Waals surface area contributed by atoms with E-state index in [0.717, 1.165) is 6.42 Å². The van der Waals surface area contributed by atoms with E-state index in [1.807, 2.05) is 13.8 Å². The Balaban J connectivity index is 2.91. The van der Waals surface area contributed by atoms with Crippen molar-refractivity contribution >= 4 is 11.6 Å². The second-order valence-electron chi connectivity index (χ2n) is 3.86. The number of hydrogen-bond acceptors (Lipinski definition) is 3. The number of hydrogen-bond donors (Lipinski definition) is 1. The van der Waals surface area contributed by atoms with E-state index < -0.39 is 0 Å². The minimum absolute atomic E-state index is 0.0148. The Morgan fingerprint density at radius 1 is 1.35 bits per heavy atom. The van der Waals surface area contributed by atoms with Crippen molar-refractivity contribution in [2.24, 2.45) is 5.92 Å². The van der Waals surface area contributed by atoms with Gasteiger partial charge in [0.1, 0.15) is 11.5 Å². The SMILES string of the molecule is CC[C@H](C)C(=O)Nc1cc(OC)ccc1OC. The lowest BCUT2D eigenvalue weighted by molar-refractivity contribution is -0.119. The number of anilines is 1. The maximum atomic E-state index is 11.8. The van der Waals surface area contributed by atoms with Crippen molar-refractivity contribution in [2.45, 2.75) is 20.3 Å². The van der Waals surface area contributed by atoms with E-state index in [4.69, 9.17) is 9.47 Å². The van der Waals surface area contributed by atoms with E-state index in [1.54, 1.807) is 32.4 Å². The molecule has 1 amide bonds. The number of benzene rings is 1. The molecule has 0 bridgehead atoms. The van der Waals surface area contributed by atoms with Crippen molar-refractivity contribution in [3.8, 4) is 11.5 Å². The van der Waals surface area contributed by atoms with Crippen LogP contribution >= 0.6 is 0 Å². The number of carbonyl (C=O) groups excluding carboxylic acids is 1. The molecule has 0 aliphatic rings. The van der Waals surface area contributed by atoms with Crippen molar-refractivity contribution in [1.82, 2.24) is 0 Å². The molecule has 0 aliphatic carbocycles. The fraction of sp³-hybridized carbons (Fsp3) is 0.462. The zero-order valence-electron chi connectivity index (χ0n) is 10.7. The molecule has 94 valence electrons. The molecule has 17 heavy (non-hydrogen) atoms. The number of rotatable bonds is 5. The predicted molar refractivity (Wildman–Crippen MR) is 67.6 cm³/mol. The van der Waals surface area contributed by atoms with Gasteiger partial charge in [0.15, 0.2) is 0 Å². The van der Waals surface area contributed by atoms with Gasteiger partial charge in [-0.25, -0.2) is 0 Å². The van der Waals surface area contributed by atoms with Crippen molar-refractivity contribution in [3.63, 3.8) is 0 Å². The van der Waals surface area contributed by atoms with E-state index >= 15 is 0 Å². The van der Waals surface area contributed by atoms with Gasteiger partial charge in [-0.05, 0) is 18.6 Å². The molecule has 1 aromatic carbocycles. The molecule has 0 radical (unpaired) electrons. The van der Waals surface area contributed by atoms with Crippen LogP contribution in [0, 0.1) is 5.92 Å². The summed E-state index contributed by atoms with van der Waals surface area (Å²) in [6.07, 6.45) is 0.804. The predicted octanol–water partition coefficient (Wildman–Crippen LogP) is 2.69. The molecule has 0 spiro atoms. The third-order valence-electron chi connectivity index (χ3n) is 2.72. The first kappa shape index (κ1) is 13.4. The monoisotopic (exact) mass is 237 g/mol. The molecule has 4 heteroatoms. The zero-order chi connectivity index (χ0) is 12.8. The fourth-order valence-corrected chi connectivity index (χ4v) is 1.35. The van der Waals surface area contributed by atoms with Gasteiger partial charge < -0.3 is 14.8 Å². The van der Waals surface area contributed by atoms with Crippen molar-refractivity contribution < 1.29 is 14.3 Å². The molecule has 4 nitrogen and oxygen atoms in total. The second kappa shape index (κ2) is 6.13. The van der Waals surface area contributed by atoms with E-state index in [9.17, 15) is 4.79 Å². The lowest BCUT2D eigenvalue weighted by Gasteiger charge is -2.14. The Labute approximate surface area is 102 Å². The van der Waals surface area contributed by atoms with Crippen LogP contribution in [-0.2, 0) is 4.79 Å². The maximum Gasteiger partial charge on any atom is 0.227 e. The Hall–Kier alpha value is -1.71. The smallest absolute Gasteiger partial charge is 0.227 e. The summed E-state index contributed by atoms with van der Waals surface area (Å²) in [5.41, 5.74) is 0.636. The normalized spacial score (nSPS) is 11.8. The van der Waals surface area contributed by atoms with Crippen LogP contribution < -0.4 is 14.8 Å². The highest BCUT2D eigenvalue weighted by atomic mass is 16.5. The first-order valence-corrected chi connectivity index (χ1v) is 5.65. The van der Waals surface area contributed by atoms with E-state index in [0.29, 0.717) is 17.2 Å². The molecule has 0 saturated heterocycles. The summed E-state index contributed by atoms with van der Waals surface area (Å²) in [4.78, 5) is 11.8. The number of methoxy groups -OCH3 is 2. The van der Waals surface area contributed by atoms with Gasteiger partial charge >= 0.3 is 0 Å². The molecular weight excluding hydrogens is 218 g/mol. The largest absolute Gasteiger partial charge is 0.497 e. The van der Waals surface area contributed by atoms with Gasteiger partial charge in [0, 0.05) is 12.0 Å². The Morgan fingerprint density at radius 2 is 2.06 bits per heavy atom. The fourth-order valence-electron chi connectivity index (χ4n) is 1.35. The lowest BCUT2D eigenvalue weighted by Crippen LogP contribution is -2.20. The number of amides is 1. The minimum atomic E-state index is -0.0223. The summed E-state index contributed by atoms with van der Waals surface area (Å²) in [7, 11) is 3.16. The summed E-state index contributed by atoms with van der Waals surface area (Å²) < 4.78 is 10.3. The third kappa shape index (κ3) is 3.37. The summed E-state index contributed by atoms with van der Waals surface area (Å²) in [5.74, 6) is 1.28. The third-order valence-corrected chi connectivity index (χ3v) is 2.72. The maximum absolute atomic E-state index is 11.8. The van der Waals surface area contributed by atoms with Gasteiger partial charge in [-0.2, -0.15) is 0 Å². The molecular formula is C13H19NO3. The summed E-state index contributed by atoms with van der Waals surface area (Å²) in [5, 5.41) is 2.84. The molecule has 0 aliphatic heterocycles. The zero-order valence-corrected chi connectivity index (χ0v) is 10.7. The van der Waals surface area contributed by atoms with Crippen LogP contribution in [-0.4, -0.2) is 20.1 Å². The van der Waals surface area contributed by atoms with Crippen molar-refractivity contribution in [3.05, 3.63) is 18.2 Å². The molecule has 0 fully saturated rings. The van der Waals surface area contributed by atoms with Crippen LogP contribution in [0.25, 0.3) is 0 Å².